The van der Waals surface area contributed by atoms with Crippen molar-refractivity contribution >= 4 is 9.84 Å². The monoisotopic (exact) mass is 249 g/mol. The first-order valence-corrected chi connectivity index (χ1v) is 7.46. The summed E-state index contributed by atoms with van der Waals surface area (Å²) >= 11 is 0. The molecule has 0 aromatic heterocycles. The lowest BCUT2D eigenvalue weighted by Crippen LogP contribution is -2.46. The summed E-state index contributed by atoms with van der Waals surface area (Å²) in [4.78, 5) is 0. The number of aliphatic hydroxyl groups excluding tert-OH is 1. The largest absolute Gasteiger partial charge is 0.394 e. The molecule has 4 nitrogen and oxygen atoms in total. The third-order valence-electron chi connectivity index (χ3n) is 3.42. The van der Waals surface area contributed by atoms with Crippen LogP contribution in [0.4, 0.5) is 0 Å². The molecule has 1 aliphatic rings. The van der Waals surface area contributed by atoms with Crippen LogP contribution in [0.1, 0.15) is 40.0 Å². The molecule has 0 aromatic rings. The van der Waals surface area contributed by atoms with Gasteiger partial charge in [-0.15, -0.1) is 0 Å². The molecule has 1 fully saturated rings. The van der Waals surface area contributed by atoms with Gasteiger partial charge in [0.25, 0.3) is 0 Å². The molecule has 0 aliphatic carbocycles. The van der Waals surface area contributed by atoms with Gasteiger partial charge in [0.2, 0.25) is 0 Å². The van der Waals surface area contributed by atoms with Crippen molar-refractivity contribution in [3.05, 3.63) is 0 Å². The fraction of sp³-hybridized carbons (Fsp3) is 1.00. The van der Waals surface area contributed by atoms with E-state index in [0.29, 0.717) is 6.42 Å². The van der Waals surface area contributed by atoms with Crippen LogP contribution in [0, 0.1) is 0 Å². The van der Waals surface area contributed by atoms with E-state index in [4.69, 9.17) is 0 Å². The van der Waals surface area contributed by atoms with Gasteiger partial charge >= 0.3 is 0 Å². The van der Waals surface area contributed by atoms with Gasteiger partial charge in [-0.25, -0.2) is 8.42 Å². The zero-order chi connectivity index (χ0) is 12.4. The van der Waals surface area contributed by atoms with Crippen molar-refractivity contribution in [3.63, 3.8) is 0 Å². The highest BCUT2D eigenvalue weighted by Crippen LogP contribution is 2.26. The molecule has 0 amide bonds. The lowest BCUT2D eigenvalue weighted by Gasteiger charge is -2.29. The Labute approximate surface area is 98.4 Å². The first-order chi connectivity index (χ1) is 7.22. The van der Waals surface area contributed by atoms with Gasteiger partial charge in [-0.2, -0.15) is 0 Å². The fourth-order valence-electron chi connectivity index (χ4n) is 1.93. The van der Waals surface area contributed by atoms with E-state index in [9.17, 15) is 13.5 Å². The molecule has 0 spiro atoms. The second-order valence-electron chi connectivity index (χ2n) is 5.65. The number of aliphatic hydroxyl groups is 1. The summed E-state index contributed by atoms with van der Waals surface area (Å²) in [6.45, 7) is 6.05. The van der Waals surface area contributed by atoms with Gasteiger partial charge in [0.15, 0.2) is 9.84 Å². The topological polar surface area (TPSA) is 66.4 Å². The number of nitrogens with one attached hydrogen (secondary N) is 1. The van der Waals surface area contributed by atoms with Crippen molar-refractivity contribution in [2.24, 2.45) is 0 Å². The van der Waals surface area contributed by atoms with E-state index in [-0.39, 0.29) is 17.9 Å². The number of hydrogen-bond acceptors (Lipinski definition) is 4. The van der Waals surface area contributed by atoms with E-state index in [0.717, 1.165) is 19.4 Å². The first kappa shape index (κ1) is 13.9. The Hall–Kier alpha value is -0.130. The average Bonchev–Trinajstić information content (AvgIpc) is 2.62. The van der Waals surface area contributed by atoms with Crippen LogP contribution >= 0.6 is 0 Å². The molecule has 1 saturated heterocycles. The molecule has 1 aliphatic heterocycles. The smallest absolute Gasteiger partial charge is 0.155 e. The van der Waals surface area contributed by atoms with Crippen molar-refractivity contribution in [1.82, 2.24) is 5.32 Å². The molecule has 1 heterocycles. The van der Waals surface area contributed by atoms with Crippen LogP contribution in [-0.4, -0.2) is 42.7 Å². The fourth-order valence-corrected chi connectivity index (χ4v) is 3.20. The lowest BCUT2D eigenvalue weighted by atomic mass is 9.96. The minimum absolute atomic E-state index is 0.0205. The zero-order valence-corrected chi connectivity index (χ0v) is 11.2. The van der Waals surface area contributed by atoms with E-state index in [2.05, 4.69) is 5.32 Å². The Balaban J connectivity index is 2.64. The van der Waals surface area contributed by atoms with Gasteiger partial charge in [0, 0.05) is 5.54 Å². The van der Waals surface area contributed by atoms with Crippen molar-refractivity contribution in [1.29, 1.82) is 0 Å². The molecule has 1 rings (SSSR count). The van der Waals surface area contributed by atoms with Crippen LogP contribution in [0.15, 0.2) is 0 Å². The average molecular weight is 249 g/mol. The molecule has 0 saturated carbocycles. The Bertz CT molecular complexity index is 324. The highest BCUT2D eigenvalue weighted by Gasteiger charge is 2.36. The third-order valence-corrected chi connectivity index (χ3v) is 6.02. The van der Waals surface area contributed by atoms with E-state index in [1.807, 2.05) is 0 Å². The van der Waals surface area contributed by atoms with Gasteiger partial charge in [0.05, 0.1) is 17.1 Å². The van der Waals surface area contributed by atoms with Crippen molar-refractivity contribution in [2.75, 3.05) is 18.9 Å². The second kappa shape index (κ2) is 4.63. The van der Waals surface area contributed by atoms with E-state index in [1.54, 1.807) is 20.8 Å². The van der Waals surface area contributed by atoms with Crippen LogP contribution in [0.2, 0.25) is 0 Å². The minimum Gasteiger partial charge on any atom is -0.394 e. The molecule has 96 valence electrons. The molecular weight excluding hydrogens is 226 g/mol. The number of hydrogen-bond donors (Lipinski definition) is 2. The predicted octanol–water partition coefficient (Wildman–Crippen LogP) is 0.704. The Morgan fingerprint density at radius 2 is 2.00 bits per heavy atom. The van der Waals surface area contributed by atoms with Crippen molar-refractivity contribution in [2.45, 2.75) is 50.3 Å². The molecule has 1 unspecified atom stereocenters. The van der Waals surface area contributed by atoms with Gasteiger partial charge < -0.3 is 10.4 Å². The summed E-state index contributed by atoms with van der Waals surface area (Å²) in [6.07, 6.45) is 2.38. The molecular formula is C11H23NO3S. The Morgan fingerprint density at radius 1 is 1.38 bits per heavy atom. The molecule has 0 bridgehead atoms. The van der Waals surface area contributed by atoms with Crippen LogP contribution < -0.4 is 5.32 Å². The summed E-state index contributed by atoms with van der Waals surface area (Å²) in [5.74, 6) is 0.143. The highest BCUT2D eigenvalue weighted by atomic mass is 32.2. The highest BCUT2D eigenvalue weighted by molar-refractivity contribution is 7.92. The summed E-state index contributed by atoms with van der Waals surface area (Å²) in [5.41, 5.74) is -0.363. The maximum Gasteiger partial charge on any atom is 0.155 e. The van der Waals surface area contributed by atoms with E-state index < -0.39 is 14.6 Å². The third kappa shape index (κ3) is 2.96. The summed E-state index contributed by atoms with van der Waals surface area (Å²) in [7, 11) is -3.08. The normalized spacial score (nSPS) is 27.2. The summed E-state index contributed by atoms with van der Waals surface area (Å²) < 4.78 is 23.2. The van der Waals surface area contributed by atoms with Gasteiger partial charge in [0.1, 0.15) is 0 Å². The Kier molecular flexibility index (Phi) is 4.03. The molecule has 2 N–H and O–H groups in total. The standard InChI is InChI=1S/C11H23NO3S/c1-10(2,3)16(14,15)8-6-11(9-13)5-4-7-12-11/h12-13H,4-9H2,1-3H3. The van der Waals surface area contributed by atoms with Crippen LogP contribution in [0.5, 0.6) is 0 Å². The first-order valence-electron chi connectivity index (χ1n) is 5.81. The molecule has 16 heavy (non-hydrogen) atoms. The number of rotatable bonds is 4. The minimum atomic E-state index is -3.08. The second-order valence-corrected chi connectivity index (χ2v) is 8.51. The van der Waals surface area contributed by atoms with E-state index in [1.165, 1.54) is 0 Å². The summed E-state index contributed by atoms with van der Waals surface area (Å²) in [5, 5.41) is 12.6. The molecule has 1 atom stereocenters. The summed E-state index contributed by atoms with van der Waals surface area (Å²) in [6, 6.07) is 0. The lowest BCUT2D eigenvalue weighted by molar-refractivity contribution is 0.174. The van der Waals surface area contributed by atoms with Gasteiger partial charge in [-0.1, -0.05) is 0 Å². The van der Waals surface area contributed by atoms with Gasteiger partial charge in [-0.3, -0.25) is 0 Å². The predicted molar refractivity (Wildman–Crippen MR) is 65.2 cm³/mol. The maximum absolute atomic E-state index is 12.0. The van der Waals surface area contributed by atoms with Crippen molar-refractivity contribution in [3.8, 4) is 0 Å². The van der Waals surface area contributed by atoms with Crippen LogP contribution in [-0.2, 0) is 9.84 Å². The zero-order valence-electron chi connectivity index (χ0n) is 10.4. The molecule has 5 heteroatoms. The van der Waals surface area contributed by atoms with Crippen molar-refractivity contribution < 1.29 is 13.5 Å². The van der Waals surface area contributed by atoms with Crippen LogP contribution in [0.3, 0.4) is 0 Å². The number of sulfone groups is 1. The Morgan fingerprint density at radius 3 is 2.38 bits per heavy atom. The maximum atomic E-state index is 12.0. The quantitative estimate of drug-likeness (QED) is 0.770. The van der Waals surface area contributed by atoms with Crippen LogP contribution in [0.25, 0.3) is 0 Å². The van der Waals surface area contributed by atoms with E-state index >= 15 is 0 Å². The molecule has 0 aromatic carbocycles. The molecule has 0 radical (unpaired) electrons. The SMILES string of the molecule is CC(C)(C)S(=O)(=O)CCC1(CO)CCCN1. The van der Waals surface area contributed by atoms with Gasteiger partial charge in [-0.05, 0) is 46.6 Å².